The quantitative estimate of drug-likeness (QED) is 0.519. The summed E-state index contributed by atoms with van der Waals surface area (Å²) in [5, 5.41) is 5.96. The molecule has 1 spiro atoms. The minimum Gasteiger partial charge on any atom is -0.348 e. The molecule has 3 aromatic carbocycles. The maximum Gasteiger partial charge on any atom is 0.321 e. The van der Waals surface area contributed by atoms with Crippen LogP contribution in [0.2, 0.25) is 0 Å². The zero-order chi connectivity index (χ0) is 26.5. The normalized spacial score (nSPS) is 17.4. The number of rotatable bonds is 6. The van der Waals surface area contributed by atoms with Crippen LogP contribution in [0.1, 0.15) is 31.4 Å². The molecule has 5 rings (SSSR count). The first-order valence-corrected chi connectivity index (χ1v) is 13.0. The van der Waals surface area contributed by atoms with Crippen molar-refractivity contribution < 1.29 is 14.4 Å². The standard InChI is InChI=1S/C30H33N5O3/c1-23(24-11-5-2-6-12-24)31-27(36)21-34-22-35(26-15-9-4-10-16-26)30(28(34)37)17-19-33(20-18-30)29(38)32-25-13-7-3-8-14-25/h2-16,23H,17-22H2,1H3,(H,31,36)(H,32,38). The number of likely N-dealkylation sites (tertiary alicyclic amines) is 1. The molecule has 2 saturated heterocycles. The van der Waals surface area contributed by atoms with E-state index in [-0.39, 0.29) is 30.4 Å². The summed E-state index contributed by atoms with van der Waals surface area (Å²) in [6, 6.07) is 28.6. The third-order valence-electron chi connectivity index (χ3n) is 7.50. The van der Waals surface area contributed by atoms with Gasteiger partial charge in [-0.2, -0.15) is 0 Å². The lowest BCUT2D eigenvalue weighted by Gasteiger charge is -2.43. The van der Waals surface area contributed by atoms with Crippen molar-refractivity contribution in [3.05, 3.63) is 96.6 Å². The van der Waals surface area contributed by atoms with E-state index in [1.54, 1.807) is 9.80 Å². The van der Waals surface area contributed by atoms with E-state index in [1.807, 2.05) is 97.9 Å². The maximum atomic E-state index is 13.9. The first-order valence-electron chi connectivity index (χ1n) is 13.0. The molecule has 0 bridgehead atoms. The Morgan fingerprint density at radius 2 is 1.45 bits per heavy atom. The lowest BCUT2D eigenvalue weighted by Crippen LogP contribution is -2.58. The predicted molar refractivity (Wildman–Crippen MR) is 147 cm³/mol. The highest BCUT2D eigenvalue weighted by Crippen LogP contribution is 2.39. The molecule has 38 heavy (non-hydrogen) atoms. The first kappa shape index (κ1) is 25.3. The summed E-state index contributed by atoms with van der Waals surface area (Å²) in [7, 11) is 0. The van der Waals surface area contributed by atoms with Crippen LogP contribution in [-0.4, -0.2) is 59.5 Å². The van der Waals surface area contributed by atoms with Gasteiger partial charge in [-0.1, -0.05) is 66.7 Å². The summed E-state index contributed by atoms with van der Waals surface area (Å²) in [6.45, 7) is 3.14. The molecule has 2 aliphatic heterocycles. The van der Waals surface area contributed by atoms with Crippen LogP contribution in [0, 0.1) is 0 Å². The summed E-state index contributed by atoms with van der Waals surface area (Å²) in [5.41, 5.74) is 1.89. The fourth-order valence-electron chi connectivity index (χ4n) is 5.41. The van der Waals surface area contributed by atoms with Crippen molar-refractivity contribution in [2.75, 3.05) is 36.5 Å². The van der Waals surface area contributed by atoms with Gasteiger partial charge in [0.15, 0.2) is 0 Å². The van der Waals surface area contributed by atoms with Crippen molar-refractivity contribution in [1.82, 2.24) is 15.1 Å². The van der Waals surface area contributed by atoms with Gasteiger partial charge in [0.2, 0.25) is 5.91 Å². The van der Waals surface area contributed by atoms with Crippen molar-refractivity contribution in [3.63, 3.8) is 0 Å². The van der Waals surface area contributed by atoms with E-state index in [0.717, 1.165) is 16.9 Å². The van der Waals surface area contributed by atoms with Crippen molar-refractivity contribution in [2.24, 2.45) is 0 Å². The van der Waals surface area contributed by atoms with E-state index in [9.17, 15) is 14.4 Å². The Balaban J connectivity index is 1.29. The van der Waals surface area contributed by atoms with Gasteiger partial charge in [0.1, 0.15) is 12.1 Å². The van der Waals surface area contributed by atoms with Gasteiger partial charge in [-0.3, -0.25) is 9.59 Å². The van der Waals surface area contributed by atoms with Gasteiger partial charge in [0.05, 0.1) is 12.7 Å². The smallest absolute Gasteiger partial charge is 0.321 e. The molecule has 0 aromatic heterocycles. The van der Waals surface area contributed by atoms with Gasteiger partial charge in [-0.25, -0.2) is 4.79 Å². The SMILES string of the molecule is CC(NC(=O)CN1CN(c2ccccc2)C2(CCN(C(=O)Nc3ccccc3)CC2)C1=O)c1ccccc1. The van der Waals surface area contributed by atoms with Crippen molar-refractivity contribution in [3.8, 4) is 0 Å². The van der Waals surface area contributed by atoms with Crippen LogP contribution in [0.3, 0.4) is 0 Å². The molecule has 8 heteroatoms. The number of para-hydroxylation sites is 2. The van der Waals surface area contributed by atoms with E-state index in [2.05, 4.69) is 15.5 Å². The molecule has 8 nitrogen and oxygen atoms in total. The molecule has 1 atom stereocenters. The number of carbonyl (C=O) groups excluding carboxylic acids is 3. The second kappa shape index (κ2) is 11.0. The van der Waals surface area contributed by atoms with E-state index in [1.165, 1.54) is 0 Å². The molecule has 4 amide bonds. The fraction of sp³-hybridized carbons (Fsp3) is 0.300. The Hall–Kier alpha value is -4.33. The van der Waals surface area contributed by atoms with Gasteiger partial charge >= 0.3 is 6.03 Å². The molecule has 2 fully saturated rings. The number of piperidine rings is 1. The number of anilines is 2. The molecule has 3 aromatic rings. The van der Waals surface area contributed by atoms with Crippen molar-refractivity contribution >= 4 is 29.2 Å². The molecule has 0 radical (unpaired) electrons. The average Bonchev–Trinajstić information content (AvgIpc) is 3.21. The highest BCUT2D eigenvalue weighted by molar-refractivity contribution is 5.97. The largest absolute Gasteiger partial charge is 0.348 e. The van der Waals surface area contributed by atoms with Crippen LogP contribution in [0.25, 0.3) is 0 Å². The second-order valence-corrected chi connectivity index (χ2v) is 9.92. The summed E-state index contributed by atoms with van der Waals surface area (Å²) < 4.78 is 0. The third kappa shape index (κ3) is 5.20. The van der Waals surface area contributed by atoms with Crippen LogP contribution in [0.5, 0.6) is 0 Å². The van der Waals surface area contributed by atoms with Crippen LogP contribution in [-0.2, 0) is 9.59 Å². The van der Waals surface area contributed by atoms with Gasteiger partial charge in [0, 0.05) is 24.5 Å². The zero-order valence-electron chi connectivity index (χ0n) is 21.5. The molecule has 0 saturated carbocycles. The van der Waals surface area contributed by atoms with Gasteiger partial charge in [0.25, 0.3) is 5.91 Å². The number of hydrogen-bond acceptors (Lipinski definition) is 4. The number of carbonyl (C=O) groups is 3. The predicted octanol–water partition coefficient (Wildman–Crippen LogP) is 4.24. The number of amides is 4. The molecule has 2 N–H and O–H groups in total. The van der Waals surface area contributed by atoms with Crippen LogP contribution in [0.15, 0.2) is 91.0 Å². The minimum atomic E-state index is -0.795. The van der Waals surface area contributed by atoms with E-state index in [0.29, 0.717) is 32.6 Å². The Bertz CT molecular complexity index is 1260. The molecule has 196 valence electrons. The molecule has 1 unspecified atom stereocenters. The zero-order valence-corrected chi connectivity index (χ0v) is 21.5. The lowest BCUT2D eigenvalue weighted by atomic mass is 9.85. The molecular formula is C30H33N5O3. The third-order valence-corrected chi connectivity index (χ3v) is 7.50. The van der Waals surface area contributed by atoms with Crippen LogP contribution < -0.4 is 15.5 Å². The summed E-state index contributed by atoms with van der Waals surface area (Å²) in [5.74, 6) is -0.258. The van der Waals surface area contributed by atoms with Gasteiger partial charge in [-0.05, 0) is 49.6 Å². The topological polar surface area (TPSA) is 85.0 Å². The Labute approximate surface area is 223 Å². The Morgan fingerprint density at radius 3 is 2.08 bits per heavy atom. The number of benzene rings is 3. The lowest BCUT2D eigenvalue weighted by molar-refractivity contribution is -0.137. The number of nitrogens with one attached hydrogen (secondary N) is 2. The summed E-state index contributed by atoms with van der Waals surface area (Å²) >= 11 is 0. The Kier molecular flexibility index (Phi) is 7.31. The molecule has 2 heterocycles. The van der Waals surface area contributed by atoms with E-state index in [4.69, 9.17) is 0 Å². The number of nitrogens with zero attached hydrogens (tertiary/aromatic N) is 3. The highest BCUT2D eigenvalue weighted by atomic mass is 16.2. The molecule has 2 aliphatic rings. The molecular weight excluding hydrogens is 478 g/mol. The average molecular weight is 512 g/mol. The first-order chi connectivity index (χ1) is 18.5. The van der Waals surface area contributed by atoms with Crippen molar-refractivity contribution in [1.29, 1.82) is 0 Å². The Morgan fingerprint density at radius 1 is 0.868 bits per heavy atom. The monoisotopic (exact) mass is 511 g/mol. The van der Waals surface area contributed by atoms with E-state index < -0.39 is 5.54 Å². The van der Waals surface area contributed by atoms with Crippen LogP contribution in [0.4, 0.5) is 16.2 Å². The fourth-order valence-corrected chi connectivity index (χ4v) is 5.41. The highest BCUT2D eigenvalue weighted by Gasteiger charge is 2.54. The number of urea groups is 1. The maximum absolute atomic E-state index is 13.9. The van der Waals surface area contributed by atoms with E-state index >= 15 is 0 Å². The van der Waals surface area contributed by atoms with Crippen LogP contribution >= 0.6 is 0 Å². The van der Waals surface area contributed by atoms with Gasteiger partial charge < -0.3 is 25.3 Å². The number of hydrogen-bond donors (Lipinski definition) is 2. The van der Waals surface area contributed by atoms with Crippen molar-refractivity contribution in [2.45, 2.75) is 31.3 Å². The summed E-state index contributed by atoms with van der Waals surface area (Å²) in [6.07, 6.45) is 0.975. The van der Waals surface area contributed by atoms with Gasteiger partial charge in [-0.15, -0.1) is 0 Å². The second-order valence-electron chi connectivity index (χ2n) is 9.92. The summed E-state index contributed by atoms with van der Waals surface area (Å²) in [4.78, 5) is 45.3. The molecule has 0 aliphatic carbocycles. The minimum absolute atomic E-state index is 0.0146.